The van der Waals surface area contributed by atoms with Gasteiger partial charge in [-0.2, -0.15) is 0 Å². The highest BCUT2D eigenvalue weighted by Crippen LogP contribution is 2.38. The van der Waals surface area contributed by atoms with E-state index in [1.807, 2.05) is 38.3 Å². The molecule has 3 amide bonds. The van der Waals surface area contributed by atoms with E-state index in [-0.39, 0.29) is 28.5 Å². The average molecular weight is 695 g/mol. The number of urea groups is 1. The summed E-state index contributed by atoms with van der Waals surface area (Å²) in [5, 5.41) is 16.3. The van der Waals surface area contributed by atoms with Crippen molar-refractivity contribution < 1.29 is 33.6 Å². The number of halogens is 1. The van der Waals surface area contributed by atoms with Crippen molar-refractivity contribution in [3.8, 4) is 11.5 Å². The molecule has 51 heavy (non-hydrogen) atoms. The zero-order valence-corrected chi connectivity index (χ0v) is 29.4. The van der Waals surface area contributed by atoms with Crippen molar-refractivity contribution in [2.45, 2.75) is 26.3 Å². The van der Waals surface area contributed by atoms with E-state index < -0.39 is 17.6 Å². The van der Waals surface area contributed by atoms with Gasteiger partial charge in [-0.15, -0.1) is 0 Å². The minimum Gasteiger partial charge on any atom is -0.497 e. The van der Waals surface area contributed by atoms with Crippen LogP contribution in [-0.4, -0.2) is 85.6 Å². The Kier molecular flexibility index (Phi) is 9.77. The Balaban J connectivity index is 1.21. The molecule has 6 N–H and O–H groups in total. The number of likely N-dealkylation sites (N-methyl/N-ethyl adjacent to an activating group) is 1. The molecule has 0 aliphatic carbocycles. The standard InChI is InChI=1S/C38H40FN7O5/c1-20(40)33(21(2)41-3)35-28(27-16-26(50-6)17-30(39)34(27)44-35)18-32-36(47)29-15-24(11-12-31(29)51-32)43-38(49)42-23-9-7-22(8-10-23)37(48)46-14-13-25(19-46)45(4)5/h7-12,15-18,25,40-41,44H,13-14,19H2,1-6H3,(H2,42,43,49)/p+1. The van der Waals surface area contributed by atoms with E-state index in [9.17, 15) is 14.4 Å². The molecule has 2 aliphatic heterocycles. The fourth-order valence-corrected chi connectivity index (χ4v) is 6.46. The van der Waals surface area contributed by atoms with Gasteiger partial charge in [-0.25, -0.2) is 9.18 Å². The monoisotopic (exact) mass is 694 g/mol. The van der Waals surface area contributed by atoms with Gasteiger partial charge in [-0.3, -0.25) is 9.59 Å². The van der Waals surface area contributed by atoms with Crippen LogP contribution in [-0.2, 0) is 0 Å². The number of nitrogens with one attached hydrogen (secondary N) is 4. The van der Waals surface area contributed by atoms with Gasteiger partial charge < -0.3 is 45.6 Å². The lowest BCUT2D eigenvalue weighted by atomic mass is 9.99. The summed E-state index contributed by atoms with van der Waals surface area (Å²) in [7, 11) is 7.32. The molecular weight excluding hydrogens is 653 g/mol. The lowest BCUT2D eigenvalue weighted by molar-refractivity contribution is -0.574. The number of hydrogen-bond acceptors (Lipinski definition) is 7. The number of carbonyl (C=O) groups is 3. The number of H-pyrrole nitrogens is 1. The Bertz CT molecular complexity index is 2130. The highest BCUT2D eigenvalue weighted by Gasteiger charge is 2.31. The second-order valence-electron chi connectivity index (χ2n) is 12.9. The summed E-state index contributed by atoms with van der Waals surface area (Å²) >= 11 is 0. The Morgan fingerprint density at radius 2 is 1.80 bits per heavy atom. The molecule has 12 nitrogen and oxygen atoms in total. The first kappa shape index (κ1) is 35.1. The lowest BCUT2D eigenvalue weighted by Crippen LogP contribution is -2.77. The molecule has 0 bridgehead atoms. The van der Waals surface area contributed by atoms with E-state index in [1.54, 1.807) is 55.5 Å². The number of nitrogens with two attached hydrogens (primary N) is 1. The molecule has 0 radical (unpaired) electrons. The largest absolute Gasteiger partial charge is 0.497 e. The molecule has 1 atom stereocenters. The number of carbonyl (C=O) groups excluding carboxylic acids is 3. The first-order valence-electron chi connectivity index (χ1n) is 16.6. The number of amides is 3. The van der Waals surface area contributed by atoms with Gasteiger partial charge in [-0.05, 0) is 82.0 Å². The third-order valence-corrected chi connectivity index (χ3v) is 9.33. The second kappa shape index (κ2) is 14.2. The molecule has 2 aliphatic rings. The van der Waals surface area contributed by atoms with Crippen LogP contribution in [0.3, 0.4) is 0 Å². The van der Waals surface area contributed by atoms with Gasteiger partial charge in [0, 0.05) is 65.7 Å². The molecular formula is C38H41FN7O5+. The van der Waals surface area contributed by atoms with Gasteiger partial charge >= 0.3 is 6.03 Å². The number of aromatic amines is 1. The number of quaternary nitrogens is 1. The van der Waals surface area contributed by atoms with E-state index in [4.69, 9.17) is 14.9 Å². The molecule has 6 rings (SSSR count). The Morgan fingerprint density at radius 3 is 2.45 bits per heavy atom. The van der Waals surface area contributed by atoms with E-state index >= 15 is 4.39 Å². The second-order valence-corrected chi connectivity index (χ2v) is 12.9. The third kappa shape index (κ3) is 6.98. The molecule has 4 aromatic rings. The number of ether oxygens (including phenoxy) is 2. The number of likely N-dealkylation sites (tertiary alicyclic amines) is 1. The van der Waals surface area contributed by atoms with Crippen molar-refractivity contribution in [3.05, 3.63) is 94.3 Å². The predicted molar refractivity (Wildman–Crippen MR) is 195 cm³/mol. The van der Waals surface area contributed by atoms with Gasteiger partial charge in [-0.1, -0.05) is 0 Å². The highest BCUT2D eigenvalue weighted by atomic mass is 19.1. The van der Waals surface area contributed by atoms with E-state index in [0.29, 0.717) is 69.8 Å². The number of ketones is 1. The normalized spacial score (nSPS) is 16.7. The minimum atomic E-state index is -0.545. The molecule has 264 valence electrons. The van der Waals surface area contributed by atoms with Gasteiger partial charge in [0.25, 0.3) is 5.91 Å². The van der Waals surface area contributed by atoms with Crippen LogP contribution in [0.25, 0.3) is 22.6 Å². The number of fused-ring (bicyclic) bond motifs is 2. The maximum absolute atomic E-state index is 15.2. The minimum absolute atomic E-state index is 0.00195. The van der Waals surface area contributed by atoms with Crippen LogP contribution in [0.1, 0.15) is 52.2 Å². The van der Waals surface area contributed by atoms with Crippen LogP contribution in [0.4, 0.5) is 20.6 Å². The molecule has 3 aromatic carbocycles. The van der Waals surface area contributed by atoms with Crippen molar-refractivity contribution in [2.24, 2.45) is 0 Å². The van der Waals surface area contributed by atoms with E-state index in [2.05, 4.69) is 20.5 Å². The molecule has 1 fully saturated rings. The van der Waals surface area contributed by atoms with E-state index in [0.717, 1.165) is 12.1 Å². The molecule has 1 saturated heterocycles. The maximum atomic E-state index is 15.2. The van der Waals surface area contributed by atoms with Gasteiger partial charge in [0.2, 0.25) is 5.78 Å². The number of methoxy groups -OCH3 is 1. The summed E-state index contributed by atoms with van der Waals surface area (Å²) in [6.45, 7) is 4.89. The molecule has 13 heteroatoms. The zero-order valence-electron chi connectivity index (χ0n) is 29.4. The smallest absolute Gasteiger partial charge is 0.323 e. The van der Waals surface area contributed by atoms with E-state index in [1.165, 1.54) is 19.2 Å². The fourth-order valence-electron chi connectivity index (χ4n) is 6.46. The van der Waals surface area contributed by atoms with Crippen molar-refractivity contribution in [1.82, 2.24) is 14.8 Å². The molecule has 0 spiro atoms. The summed E-state index contributed by atoms with van der Waals surface area (Å²) in [4.78, 5) is 46.7. The van der Waals surface area contributed by atoms with Gasteiger partial charge in [0.05, 0.1) is 36.5 Å². The Labute approximate surface area is 294 Å². The molecule has 0 saturated carbocycles. The van der Waals surface area contributed by atoms with Crippen molar-refractivity contribution in [2.75, 3.05) is 52.0 Å². The van der Waals surface area contributed by atoms with Crippen LogP contribution in [0.5, 0.6) is 11.5 Å². The van der Waals surface area contributed by atoms with Crippen LogP contribution in [0, 0.1) is 11.2 Å². The Morgan fingerprint density at radius 1 is 1.10 bits per heavy atom. The molecule has 1 aromatic heterocycles. The molecule has 1 unspecified atom stereocenters. The van der Waals surface area contributed by atoms with Crippen LogP contribution >= 0.6 is 0 Å². The predicted octanol–water partition coefficient (Wildman–Crippen LogP) is 5.32. The van der Waals surface area contributed by atoms with Crippen LogP contribution < -0.4 is 25.4 Å². The van der Waals surface area contributed by atoms with Gasteiger partial charge in [0.15, 0.2) is 11.6 Å². The lowest BCUT2D eigenvalue weighted by Gasteiger charge is -2.20. The summed E-state index contributed by atoms with van der Waals surface area (Å²) in [5.74, 6) is -0.424. The number of benzene rings is 3. The number of nitrogens with zero attached hydrogens (tertiary/aromatic N) is 2. The summed E-state index contributed by atoms with van der Waals surface area (Å²) in [6, 6.07) is 14.2. The topological polar surface area (TPSA) is 156 Å². The first-order chi connectivity index (χ1) is 24.4. The van der Waals surface area contributed by atoms with Crippen LogP contribution in [0.15, 0.2) is 66.1 Å². The average Bonchev–Trinajstić information content (AvgIpc) is 3.82. The fraction of sp³-hybridized carbons (Fsp3) is 0.263. The zero-order chi connectivity index (χ0) is 36.6. The number of rotatable bonds is 9. The molecule has 3 heterocycles. The summed E-state index contributed by atoms with van der Waals surface area (Å²) in [5.41, 5.74) is 4.38. The highest BCUT2D eigenvalue weighted by molar-refractivity contribution is 6.24. The van der Waals surface area contributed by atoms with Gasteiger partial charge in [0.1, 0.15) is 17.2 Å². The first-order valence-corrected chi connectivity index (χ1v) is 16.6. The van der Waals surface area contributed by atoms with Crippen molar-refractivity contribution >= 4 is 57.4 Å². The number of aromatic nitrogens is 1. The number of anilines is 2. The summed E-state index contributed by atoms with van der Waals surface area (Å²) in [6.07, 6.45) is 2.47. The van der Waals surface area contributed by atoms with Crippen molar-refractivity contribution in [1.29, 1.82) is 5.41 Å². The number of hydrogen-bond donors (Lipinski definition) is 5. The number of Topliss-reactive ketones (excluding diaryl/α,β-unsaturated/α-hetero) is 1. The Hall–Kier alpha value is -5.79. The maximum Gasteiger partial charge on any atom is 0.323 e. The summed E-state index contributed by atoms with van der Waals surface area (Å²) < 4.78 is 26.5. The quantitative estimate of drug-likeness (QED) is 0.118. The SMILES string of the molecule is C[NH2+]C(C)=C(C(C)=N)c1[nH]c2c(F)cc(OC)cc2c1C=C1Oc2ccc(NC(=O)Nc3ccc(C(=O)N4CCC(N(C)C)C4)cc3)cc2C1=O. The van der Waals surface area contributed by atoms with Crippen LogP contribution in [0.2, 0.25) is 0 Å². The van der Waals surface area contributed by atoms with Crippen molar-refractivity contribution in [3.63, 3.8) is 0 Å². The third-order valence-electron chi connectivity index (χ3n) is 9.33. The number of allylic oxidation sites excluding steroid dienone is 3.